The van der Waals surface area contributed by atoms with Gasteiger partial charge >= 0.3 is 111 Å². The van der Waals surface area contributed by atoms with Gasteiger partial charge in [0.1, 0.15) is 0 Å². The number of allylic oxidation sites excluding steroid dienone is 2. The van der Waals surface area contributed by atoms with E-state index in [4.69, 9.17) is 0 Å². The van der Waals surface area contributed by atoms with Crippen molar-refractivity contribution in [1.29, 1.82) is 0 Å². The van der Waals surface area contributed by atoms with Crippen LogP contribution in [0.2, 0.25) is 14.8 Å². The summed E-state index contributed by atoms with van der Waals surface area (Å²) in [5.74, 6) is 1.44. The third-order valence-corrected chi connectivity index (χ3v) is 12.3. The van der Waals surface area contributed by atoms with Gasteiger partial charge in [-0.1, -0.05) is 0 Å². The molecule has 0 spiro atoms. The fraction of sp³-hybridized carbons (Fsp3) is 0.429. The van der Waals surface area contributed by atoms with E-state index in [0.29, 0.717) is 5.92 Å². The fourth-order valence-corrected chi connectivity index (χ4v) is 14.4. The van der Waals surface area contributed by atoms with E-state index in [9.17, 15) is 0 Å². The standard InChI is InChI=1S/C11H8Br.3CH3.Sn/c12-11-6-7-5-10(11)9-4-2-1-3-8(7)9;;;;/h1-4,7,10H,5H2;3*1H3;. The molecule has 16 heavy (non-hydrogen) atoms. The van der Waals surface area contributed by atoms with E-state index in [1.807, 2.05) is 3.59 Å². The summed E-state index contributed by atoms with van der Waals surface area (Å²) in [6.07, 6.45) is 1.34. The zero-order valence-corrected chi connectivity index (χ0v) is 14.5. The normalized spacial score (nSPS) is 27.5. The van der Waals surface area contributed by atoms with Crippen LogP contribution in [0.25, 0.3) is 0 Å². The molecule has 0 saturated carbocycles. The van der Waals surface area contributed by atoms with E-state index >= 15 is 0 Å². The molecule has 0 N–H and O–H groups in total. The van der Waals surface area contributed by atoms with Crippen molar-refractivity contribution >= 4 is 34.3 Å². The Morgan fingerprint density at radius 3 is 2.19 bits per heavy atom. The Morgan fingerprint density at radius 2 is 1.62 bits per heavy atom. The number of fused-ring (bicyclic) bond motifs is 5. The molecule has 2 heteroatoms. The first-order valence-electron chi connectivity index (χ1n) is 5.99. The molecule has 0 saturated heterocycles. The van der Waals surface area contributed by atoms with Crippen LogP contribution in [-0.2, 0) is 0 Å². The van der Waals surface area contributed by atoms with Crippen molar-refractivity contribution in [2.45, 2.75) is 33.1 Å². The second kappa shape index (κ2) is 3.61. The Labute approximate surface area is 110 Å². The second-order valence-electron chi connectivity index (χ2n) is 5.98. The van der Waals surface area contributed by atoms with Crippen LogP contribution in [0.15, 0.2) is 32.3 Å². The van der Waals surface area contributed by atoms with E-state index in [1.54, 1.807) is 15.6 Å². The molecule has 1 aromatic rings. The SMILES string of the molecule is [CH3][Sn]([CH3])([CH3])[C]1=C(Br)C2CC1c1ccccc12. The van der Waals surface area contributed by atoms with Crippen LogP contribution in [0.4, 0.5) is 0 Å². The zero-order valence-electron chi connectivity index (χ0n) is 10.0. The maximum absolute atomic E-state index is 3.90. The molecule has 2 bridgehead atoms. The van der Waals surface area contributed by atoms with Gasteiger partial charge in [-0.2, -0.15) is 0 Å². The number of benzene rings is 1. The first-order valence-corrected chi connectivity index (χ1v) is 16.8. The topological polar surface area (TPSA) is 0 Å². The van der Waals surface area contributed by atoms with Gasteiger partial charge in [-0.3, -0.25) is 0 Å². The molecule has 84 valence electrons. The molecule has 1 aromatic carbocycles. The van der Waals surface area contributed by atoms with Crippen molar-refractivity contribution in [3.8, 4) is 0 Å². The van der Waals surface area contributed by atoms with Crippen molar-refractivity contribution < 1.29 is 0 Å². The van der Waals surface area contributed by atoms with Gasteiger partial charge in [0.15, 0.2) is 0 Å². The quantitative estimate of drug-likeness (QED) is 0.611. The Morgan fingerprint density at radius 1 is 1.06 bits per heavy atom. The first kappa shape index (κ1) is 11.3. The Kier molecular flexibility index (Phi) is 2.56. The van der Waals surface area contributed by atoms with Gasteiger partial charge in [0.25, 0.3) is 0 Å². The summed E-state index contributed by atoms with van der Waals surface area (Å²) in [4.78, 5) is 7.61. The molecule has 0 heterocycles. The minimum absolute atomic E-state index is 0.687. The van der Waals surface area contributed by atoms with Crippen molar-refractivity contribution in [2.75, 3.05) is 0 Å². The molecule has 3 rings (SSSR count). The predicted molar refractivity (Wildman–Crippen MR) is 75.8 cm³/mol. The van der Waals surface area contributed by atoms with Crippen molar-refractivity contribution in [2.24, 2.45) is 0 Å². The van der Waals surface area contributed by atoms with Crippen LogP contribution in [0.3, 0.4) is 0 Å². The second-order valence-corrected chi connectivity index (χ2v) is 21.2. The summed E-state index contributed by atoms with van der Waals surface area (Å²) in [5.41, 5.74) is 3.20. The molecule has 2 aliphatic carbocycles. The summed E-state index contributed by atoms with van der Waals surface area (Å²) < 4.78 is 3.39. The molecular formula is C14H17BrSn. The summed E-state index contributed by atoms with van der Waals surface area (Å²) >= 11 is 1.98. The Bertz CT molecular complexity index is 482. The average Bonchev–Trinajstić information content (AvgIpc) is 2.72. The van der Waals surface area contributed by atoms with Gasteiger partial charge in [-0.05, 0) is 0 Å². The molecule has 2 aliphatic rings. The van der Waals surface area contributed by atoms with Crippen molar-refractivity contribution in [1.82, 2.24) is 0 Å². The molecule has 2 unspecified atom stereocenters. The maximum atomic E-state index is 3.90. The minimum atomic E-state index is -1.92. The Hall–Kier alpha value is 0.239. The number of rotatable bonds is 1. The monoisotopic (exact) mass is 384 g/mol. The molecule has 0 aromatic heterocycles. The summed E-state index contributed by atoms with van der Waals surface area (Å²) in [6, 6.07) is 9.04. The first-order chi connectivity index (χ1) is 7.50. The average molecular weight is 384 g/mol. The van der Waals surface area contributed by atoms with Crippen LogP contribution in [0, 0.1) is 0 Å². The molecular weight excluding hydrogens is 367 g/mol. The molecule has 0 aliphatic heterocycles. The number of halogens is 1. The van der Waals surface area contributed by atoms with E-state index in [0.717, 1.165) is 5.92 Å². The van der Waals surface area contributed by atoms with Gasteiger partial charge in [0, 0.05) is 0 Å². The van der Waals surface area contributed by atoms with Crippen molar-refractivity contribution in [3.63, 3.8) is 0 Å². The summed E-state index contributed by atoms with van der Waals surface area (Å²) in [5, 5.41) is 0. The van der Waals surface area contributed by atoms with E-state index in [2.05, 4.69) is 55.0 Å². The number of hydrogen-bond acceptors (Lipinski definition) is 0. The Balaban J connectivity index is 2.16. The van der Waals surface area contributed by atoms with Gasteiger partial charge in [-0.25, -0.2) is 0 Å². The third-order valence-electron chi connectivity index (χ3n) is 3.94. The van der Waals surface area contributed by atoms with Crippen LogP contribution >= 0.6 is 15.9 Å². The van der Waals surface area contributed by atoms with Gasteiger partial charge in [0.2, 0.25) is 0 Å². The zero-order chi connectivity index (χ0) is 11.5. The predicted octanol–water partition coefficient (Wildman–Crippen LogP) is 4.80. The molecule has 0 fully saturated rings. The van der Waals surface area contributed by atoms with Crippen LogP contribution < -0.4 is 0 Å². The van der Waals surface area contributed by atoms with E-state index in [-0.39, 0.29) is 0 Å². The molecule has 2 atom stereocenters. The van der Waals surface area contributed by atoms with E-state index in [1.165, 1.54) is 6.42 Å². The van der Waals surface area contributed by atoms with Crippen LogP contribution in [-0.4, -0.2) is 18.4 Å². The van der Waals surface area contributed by atoms with Crippen LogP contribution in [0.1, 0.15) is 29.4 Å². The molecule has 0 amide bonds. The molecule has 0 radical (unpaired) electrons. The van der Waals surface area contributed by atoms with Gasteiger partial charge < -0.3 is 0 Å². The van der Waals surface area contributed by atoms with Gasteiger partial charge in [0.05, 0.1) is 0 Å². The fourth-order valence-electron chi connectivity index (χ4n) is 3.38. The summed E-state index contributed by atoms with van der Waals surface area (Å²) in [6.45, 7) is 0. The van der Waals surface area contributed by atoms with E-state index < -0.39 is 18.4 Å². The molecule has 0 nitrogen and oxygen atoms in total. The third kappa shape index (κ3) is 1.47. The van der Waals surface area contributed by atoms with Crippen LogP contribution in [0.5, 0.6) is 0 Å². The number of hydrogen-bond donors (Lipinski definition) is 0. The summed E-state index contributed by atoms with van der Waals surface area (Å²) in [7, 11) is 0. The van der Waals surface area contributed by atoms with Gasteiger partial charge in [-0.15, -0.1) is 0 Å². The van der Waals surface area contributed by atoms with Crippen molar-refractivity contribution in [3.05, 3.63) is 43.5 Å².